The van der Waals surface area contributed by atoms with Crippen molar-refractivity contribution in [2.45, 2.75) is 38.0 Å². The molecule has 0 aromatic carbocycles. The molecule has 0 aliphatic carbocycles. The molecule has 0 radical (unpaired) electrons. The molecule has 2 aromatic rings. The van der Waals surface area contributed by atoms with Crippen LogP contribution in [0.4, 0.5) is 0 Å². The van der Waals surface area contributed by atoms with Crippen molar-refractivity contribution < 1.29 is 7.94 Å². The molecule has 0 aliphatic heterocycles. The van der Waals surface area contributed by atoms with Gasteiger partial charge in [0.1, 0.15) is 0 Å². The molecule has 2 aromatic heterocycles. The van der Waals surface area contributed by atoms with Gasteiger partial charge in [0.05, 0.1) is 11.4 Å². The van der Waals surface area contributed by atoms with Gasteiger partial charge >= 0.3 is 10.3 Å². The van der Waals surface area contributed by atoms with E-state index in [0.29, 0.717) is 0 Å². The summed E-state index contributed by atoms with van der Waals surface area (Å²) in [6, 6.07) is 3.92. The van der Waals surface area contributed by atoms with Gasteiger partial charge in [-0.1, -0.05) is 0 Å². The Hall–Kier alpha value is -0.700. The Labute approximate surface area is 137 Å². The van der Waals surface area contributed by atoms with Crippen molar-refractivity contribution in [2.24, 2.45) is 0 Å². The highest BCUT2D eigenvalue weighted by atomic mass is 33.1. The van der Waals surface area contributed by atoms with E-state index in [9.17, 15) is 0 Å². The van der Waals surface area contributed by atoms with Crippen LogP contribution in [0.25, 0.3) is 0 Å². The first-order chi connectivity index (χ1) is 9.38. The van der Waals surface area contributed by atoms with Crippen molar-refractivity contribution in [3.05, 3.63) is 34.9 Å². The first-order valence-electron chi connectivity index (χ1n) is 5.88. The lowest BCUT2D eigenvalue weighted by molar-refractivity contribution is -0.552. The molecule has 0 aliphatic rings. The lowest BCUT2D eigenvalue weighted by Gasteiger charge is -2.11. The molecular weight excluding hydrogens is 328 g/mol. The van der Waals surface area contributed by atoms with Crippen molar-refractivity contribution in [2.75, 3.05) is 0 Å². The average molecular weight is 343 g/mol. The molecule has 0 bridgehead atoms. The Morgan fingerprint density at radius 1 is 0.800 bits per heavy atom. The third-order valence-electron chi connectivity index (χ3n) is 2.56. The van der Waals surface area contributed by atoms with Crippen molar-refractivity contribution in [1.82, 2.24) is 9.97 Å². The summed E-state index contributed by atoms with van der Waals surface area (Å²) < 4.78 is 3.31. The Morgan fingerprint density at radius 3 is 1.50 bits per heavy atom. The van der Waals surface area contributed by atoms with Gasteiger partial charge in [-0.15, -0.1) is 0 Å². The quantitative estimate of drug-likeness (QED) is 0.366. The minimum atomic E-state index is 0.762. The maximum atomic E-state index is 5.32. The van der Waals surface area contributed by atoms with Crippen molar-refractivity contribution >= 4 is 47.2 Å². The van der Waals surface area contributed by atoms with Crippen LogP contribution in [0.3, 0.4) is 0 Å². The minimum absolute atomic E-state index is 0.762. The lowest BCUT2D eigenvalue weighted by Crippen LogP contribution is -2.35. The Kier molecular flexibility index (Phi) is 5.00. The van der Waals surface area contributed by atoms with Crippen LogP contribution in [-0.2, 0) is 25.6 Å². The van der Waals surface area contributed by atoms with Gasteiger partial charge in [0, 0.05) is 47.6 Å². The number of hydrogen-bond donors (Lipinski definition) is 0. The highest BCUT2D eigenvalue weighted by Crippen LogP contribution is 2.32. The van der Waals surface area contributed by atoms with Crippen LogP contribution < -0.4 is 7.94 Å². The molecule has 0 saturated heterocycles. The molecule has 2 rings (SSSR count). The second-order valence-corrected chi connectivity index (χ2v) is 7.19. The summed E-state index contributed by atoms with van der Waals surface area (Å²) in [5.41, 5.74) is 3.89. The molecule has 20 heavy (non-hydrogen) atoms. The molecule has 0 amide bonds. The molecule has 106 valence electrons. The van der Waals surface area contributed by atoms with E-state index in [-0.39, 0.29) is 0 Å². The third kappa shape index (κ3) is 3.49. The van der Waals surface area contributed by atoms with Gasteiger partial charge < -0.3 is 33.6 Å². The van der Waals surface area contributed by atoms with Gasteiger partial charge in [-0.3, -0.25) is 0 Å². The first-order valence-corrected chi connectivity index (χ1v) is 8.76. The van der Waals surface area contributed by atoms with Crippen LogP contribution in [0.5, 0.6) is 0 Å². The monoisotopic (exact) mass is 342 g/mol. The number of rotatable bonds is 3. The molecule has 0 saturated carbocycles. The van der Waals surface area contributed by atoms with Crippen molar-refractivity contribution in [3.8, 4) is 0 Å². The van der Waals surface area contributed by atoms with Crippen LogP contribution in [-0.4, -0.2) is 9.97 Å². The minimum Gasteiger partial charge on any atom is -0.554 e. The predicted octanol–water partition coefficient (Wildman–Crippen LogP) is 1.70. The summed E-state index contributed by atoms with van der Waals surface area (Å²) in [4.78, 5) is 8.91. The smallest absolute Gasteiger partial charge is 0.353 e. The van der Waals surface area contributed by atoms with Crippen LogP contribution in [0.15, 0.2) is 22.4 Å². The SMILES string of the molecule is Cc1cc(C)[n+]([S-])c(SSc2nc(C)cc(C)[n+]2[S-])n1. The molecule has 0 atom stereocenters. The lowest BCUT2D eigenvalue weighted by atomic mass is 10.4. The van der Waals surface area contributed by atoms with E-state index >= 15 is 0 Å². The molecule has 0 N–H and O–H groups in total. The maximum Gasteiger partial charge on any atom is 0.353 e. The van der Waals surface area contributed by atoms with Gasteiger partial charge in [-0.2, -0.15) is 0 Å². The van der Waals surface area contributed by atoms with Crippen LogP contribution >= 0.6 is 21.6 Å². The highest BCUT2D eigenvalue weighted by molar-refractivity contribution is 8.76. The highest BCUT2D eigenvalue weighted by Gasteiger charge is 2.17. The predicted molar refractivity (Wildman–Crippen MR) is 85.1 cm³/mol. The molecule has 4 nitrogen and oxygen atoms in total. The fourth-order valence-corrected chi connectivity index (χ4v) is 4.41. The fraction of sp³-hybridized carbons (Fsp3) is 0.333. The molecule has 2 heterocycles. The zero-order chi connectivity index (χ0) is 14.9. The van der Waals surface area contributed by atoms with E-state index in [0.717, 1.165) is 33.1 Å². The molecule has 8 heteroatoms. The standard InChI is InChI=1S/C12H14N4S4/c1-7-5-9(3)15(17)11(13-7)19-20-12-14-8(2)6-10(4)16(12)18/h5-6H,1-4H3. The fourth-order valence-electron chi connectivity index (χ4n) is 1.66. The Bertz CT molecular complexity index is 603. The van der Waals surface area contributed by atoms with Gasteiger partial charge in [0.15, 0.2) is 11.4 Å². The van der Waals surface area contributed by atoms with Gasteiger partial charge in [0.2, 0.25) is 0 Å². The summed E-state index contributed by atoms with van der Waals surface area (Å²) in [5.74, 6) is 0. The zero-order valence-electron chi connectivity index (χ0n) is 11.6. The van der Waals surface area contributed by atoms with Crippen molar-refractivity contribution in [3.63, 3.8) is 0 Å². The molecular formula is C12H14N4S4. The zero-order valence-corrected chi connectivity index (χ0v) is 14.8. The summed E-state index contributed by atoms with van der Waals surface area (Å²) >= 11 is 10.6. The van der Waals surface area contributed by atoms with E-state index < -0.39 is 0 Å². The van der Waals surface area contributed by atoms with E-state index in [4.69, 9.17) is 25.6 Å². The average Bonchev–Trinajstić information content (AvgIpc) is 2.37. The van der Waals surface area contributed by atoms with E-state index in [1.165, 1.54) is 21.6 Å². The summed E-state index contributed by atoms with van der Waals surface area (Å²) in [7, 11) is 2.95. The second kappa shape index (κ2) is 6.38. The maximum absolute atomic E-state index is 5.32. The van der Waals surface area contributed by atoms with Crippen LogP contribution in [0.2, 0.25) is 0 Å². The third-order valence-corrected chi connectivity index (χ3v) is 5.79. The Balaban J connectivity index is 2.26. The van der Waals surface area contributed by atoms with E-state index in [1.807, 2.05) is 39.8 Å². The summed E-state index contributed by atoms with van der Waals surface area (Å²) in [6.07, 6.45) is 0. The van der Waals surface area contributed by atoms with E-state index in [1.54, 1.807) is 7.94 Å². The largest absolute Gasteiger partial charge is 0.554 e. The van der Waals surface area contributed by atoms with Gasteiger partial charge in [0.25, 0.3) is 0 Å². The number of aryl methyl sites for hydroxylation is 4. The molecule has 0 spiro atoms. The van der Waals surface area contributed by atoms with Crippen molar-refractivity contribution in [1.29, 1.82) is 0 Å². The second-order valence-electron chi connectivity index (χ2n) is 4.40. The van der Waals surface area contributed by atoms with Gasteiger partial charge in [-0.25, -0.2) is 0 Å². The first kappa shape index (κ1) is 15.7. The molecule has 0 fully saturated rings. The number of aromatic nitrogens is 4. The summed E-state index contributed by atoms with van der Waals surface area (Å²) in [5, 5.41) is 1.52. The summed E-state index contributed by atoms with van der Waals surface area (Å²) in [6.45, 7) is 7.86. The van der Waals surface area contributed by atoms with Crippen LogP contribution in [0.1, 0.15) is 22.8 Å². The number of hydrogen-bond acceptors (Lipinski definition) is 6. The van der Waals surface area contributed by atoms with Gasteiger partial charge in [-0.05, 0) is 23.8 Å². The Morgan fingerprint density at radius 2 is 1.15 bits per heavy atom. The van der Waals surface area contributed by atoms with E-state index in [2.05, 4.69) is 9.97 Å². The normalized spacial score (nSPS) is 10.8. The topological polar surface area (TPSA) is 33.5 Å². The molecule has 0 unspecified atom stereocenters. The number of nitrogens with zero attached hydrogens (tertiary/aromatic N) is 4. The van der Waals surface area contributed by atoms with Crippen LogP contribution in [0, 0.1) is 27.7 Å².